The third-order valence-corrected chi connectivity index (χ3v) is 1.55. The van der Waals surface area contributed by atoms with Crippen molar-refractivity contribution in [2.24, 2.45) is 5.92 Å². The van der Waals surface area contributed by atoms with Gasteiger partial charge in [-0.1, -0.05) is 26.0 Å². The summed E-state index contributed by atoms with van der Waals surface area (Å²) >= 11 is 0. The molecular weight excluding hydrogens is 152 g/mol. The molecule has 0 aromatic rings. The summed E-state index contributed by atoms with van der Waals surface area (Å²) in [6.07, 6.45) is 3.55. The van der Waals surface area contributed by atoms with Crippen molar-refractivity contribution in [3.8, 4) is 0 Å². The van der Waals surface area contributed by atoms with Gasteiger partial charge in [0.1, 0.15) is 0 Å². The topological polar surface area (TPSA) is 40.1 Å². The van der Waals surface area contributed by atoms with Gasteiger partial charge in [0.25, 0.3) is 0 Å². The summed E-state index contributed by atoms with van der Waals surface area (Å²) in [6.45, 7) is 5.68. The third-order valence-electron chi connectivity index (χ3n) is 1.55. The first-order valence-corrected chi connectivity index (χ1v) is 3.88. The van der Waals surface area contributed by atoms with Gasteiger partial charge in [-0.25, -0.2) is 0 Å². The van der Waals surface area contributed by atoms with Crippen LogP contribution in [-0.2, 0) is 4.79 Å². The Balaban J connectivity index is 0. The van der Waals surface area contributed by atoms with Gasteiger partial charge in [0.05, 0.1) is 0 Å². The maximum absolute atomic E-state index is 10.2. The van der Waals surface area contributed by atoms with Gasteiger partial charge in [-0.15, -0.1) is 0 Å². The second-order valence-corrected chi connectivity index (χ2v) is 3.08. The van der Waals surface area contributed by atoms with Crippen molar-refractivity contribution in [2.45, 2.75) is 41.0 Å². The van der Waals surface area contributed by atoms with Crippen LogP contribution in [0.3, 0.4) is 0 Å². The Morgan fingerprint density at radius 3 is 2.33 bits per heavy atom. The highest BCUT2D eigenvalue weighted by Gasteiger charge is 1.99. The smallest absolute Gasteiger partial charge is 0.0442 e. The van der Waals surface area contributed by atoms with Gasteiger partial charge in [-0.05, 0) is 32.6 Å². The second kappa shape index (κ2) is 6.89. The Morgan fingerprint density at radius 2 is 2.00 bits per heavy atom. The van der Waals surface area contributed by atoms with E-state index < -0.39 is 5.97 Å². The average Bonchev–Trinajstić information content (AvgIpc) is 1.86. The molecule has 72 valence electrons. The van der Waals surface area contributed by atoms with E-state index in [9.17, 15) is 9.90 Å². The molecule has 12 heavy (non-hydrogen) atoms. The molecule has 2 heteroatoms. The van der Waals surface area contributed by atoms with E-state index in [4.69, 9.17) is 0 Å². The van der Waals surface area contributed by atoms with E-state index >= 15 is 0 Å². The number of carboxylic acids is 1. The van der Waals surface area contributed by atoms with E-state index in [0.717, 1.165) is 6.42 Å². The minimum Gasteiger partial charge on any atom is -0.550 e. The molecule has 0 N–H and O–H groups in total. The normalized spacial score (nSPS) is 11.2. The highest BCUT2D eigenvalue weighted by atomic mass is 16.4. The van der Waals surface area contributed by atoms with Crippen molar-refractivity contribution in [3.05, 3.63) is 11.6 Å². The summed E-state index contributed by atoms with van der Waals surface area (Å²) in [4.78, 5) is 10.2. The molecule has 2 nitrogen and oxygen atoms in total. The number of rotatable bonds is 4. The lowest BCUT2D eigenvalue weighted by Gasteiger charge is -2.09. The quantitative estimate of drug-likeness (QED) is 0.605. The number of allylic oxidation sites excluding steroid dienone is 2. The summed E-state index contributed by atoms with van der Waals surface area (Å²) in [5.74, 6) is -1.28. The Morgan fingerprint density at radius 1 is 1.50 bits per heavy atom. The standard InChI is InChI=1S/C9H16O2.CH4/c1-7(2)5-4-6-8(3)9(10)11;/h5,8H,4,6H2,1-3H3,(H,10,11);1H4/p-1. The molecule has 0 fully saturated rings. The first kappa shape index (κ1) is 13.8. The van der Waals surface area contributed by atoms with E-state index in [0.29, 0.717) is 6.42 Å². The maximum atomic E-state index is 10.2. The summed E-state index contributed by atoms with van der Waals surface area (Å²) < 4.78 is 0. The number of carbonyl (C=O) groups excluding carboxylic acids is 1. The molecule has 0 saturated heterocycles. The van der Waals surface area contributed by atoms with Crippen LogP contribution in [0.15, 0.2) is 11.6 Å². The summed E-state index contributed by atoms with van der Waals surface area (Å²) in [5.41, 5.74) is 1.23. The highest BCUT2D eigenvalue weighted by Crippen LogP contribution is 2.06. The molecule has 1 unspecified atom stereocenters. The number of aliphatic carboxylic acids is 1. The van der Waals surface area contributed by atoms with Crippen LogP contribution >= 0.6 is 0 Å². The van der Waals surface area contributed by atoms with Crippen LogP contribution in [0.5, 0.6) is 0 Å². The van der Waals surface area contributed by atoms with Crippen molar-refractivity contribution in [1.82, 2.24) is 0 Å². The number of hydrogen-bond donors (Lipinski definition) is 0. The van der Waals surface area contributed by atoms with Crippen molar-refractivity contribution < 1.29 is 9.90 Å². The van der Waals surface area contributed by atoms with Crippen LogP contribution in [0.1, 0.15) is 41.0 Å². The van der Waals surface area contributed by atoms with Crippen LogP contribution in [0, 0.1) is 5.92 Å². The Kier molecular flexibility index (Phi) is 7.91. The summed E-state index contributed by atoms with van der Waals surface area (Å²) in [7, 11) is 0. The summed E-state index contributed by atoms with van der Waals surface area (Å²) in [5, 5.41) is 10.2. The third kappa shape index (κ3) is 7.32. The zero-order valence-electron chi connectivity index (χ0n) is 7.39. The molecule has 0 aromatic carbocycles. The molecule has 0 aromatic heterocycles. The molecule has 0 rings (SSSR count). The molecular formula is C10H19O2-. The summed E-state index contributed by atoms with van der Waals surface area (Å²) in [6, 6.07) is 0. The molecule has 0 aliphatic heterocycles. The van der Waals surface area contributed by atoms with Gasteiger partial charge in [0.15, 0.2) is 0 Å². The molecule has 0 spiro atoms. The van der Waals surface area contributed by atoms with Gasteiger partial charge in [0, 0.05) is 5.97 Å². The maximum Gasteiger partial charge on any atom is 0.0442 e. The lowest BCUT2D eigenvalue weighted by molar-refractivity contribution is -0.311. The monoisotopic (exact) mass is 171 g/mol. The highest BCUT2D eigenvalue weighted by molar-refractivity contribution is 5.66. The first-order chi connectivity index (χ1) is 5.04. The van der Waals surface area contributed by atoms with Gasteiger partial charge in [-0.3, -0.25) is 0 Å². The van der Waals surface area contributed by atoms with Gasteiger partial charge in [-0.2, -0.15) is 0 Å². The number of carboxylic acid groups (broad SMARTS) is 1. The van der Waals surface area contributed by atoms with Crippen molar-refractivity contribution in [2.75, 3.05) is 0 Å². The zero-order valence-corrected chi connectivity index (χ0v) is 7.39. The molecule has 1 atom stereocenters. The number of hydrogen-bond acceptors (Lipinski definition) is 2. The minimum atomic E-state index is -0.952. The van der Waals surface area contributed by atoms with Crippen LogP contribution in [0.4, 0.5) is 0 Å². The molecule has 0 amide bonds. The molecule has 0 bridgehead atoms. The van der Waals surface area contributed by atoms with Crippen molar-refractivity contribution >= 4 is 5.97 Å². The van der Waals surface area contributed by atoms with Crippen LogP contribution in [0.25, 0.3) is 0 Å². The molecule has 0 radical (unpaired) electrons. The fraction of sp³-hybridized carbons (Fsp3) is 0.700. The lowest BCUT2D eigenvalue weighted by Crippen LogP contribution is -2.29. The Labute approximate surface area is 75.3 Å². The van der Waals surface area contributed by atoms with Crippen molar-refractivity contribution in [1.29, 1.82) is 0 Å². The van der Waals surface area contributed by atoms with Gasteiger partial charge >= 0.3 is 0 Å². The fourth-order valence-corrected chi connectivity index (χ4v) is 0.740. The minimum absolute atomic E-state index is 0. The second-order valence-electron chi connectivity index (χ2n) is 3.08. The largest absolute Gasteiger partial charge is 0.550 e. The SMILES string of the molecule is C.CC(C)=CCCC(C)C(=O)[O-]. The Hall–Kier alpha value is -0.790. The fourth-order valence-electron chi connectivity index (χ4n) is 0.740. The Bertz CT molecular complexity index is 155. The van der Waals surface area contributed by atoms with Gasteiger partial charge < -0.3 is 9.90 Å². The molecule has 0 aliphatic carbocycles. The van der Waals surface area contributed by atoms with Crippen LogP contribution < -0.4 is 5.11 Å². The predicted octanol–water partition coefficient (Wildman–Crippen LogP) is 1.75. The van der Waals surface area contributed by atoms with Gasteiger partial charge in [0.2, 0.25) is 0 Å². The number of carbonyl (C=O) groups is 1. The zero-order chi connectivity index (χ0) is 8.85. The van der Waals surface area contributed by atoms with E-state index in [-0.39, 0.29) is 13.3 Å². The van der Waals surface area contributed by atoms with Crippen molar-refractivity contribution in [3.63, 3.8) is 0 Å². The lowest BCUT2D eigenvalue weighted by atomic mass is 10.1. The molecule has 0 aliphatic rings. The van der Waals surface area contributed by atoms with Crippen LogP contribution in [0.2, 0.25) is 0 Å². The molecule has 0 heterocycles. The van der Waals surface area contributed by atoms with E-state index in [1.165, 1.54) is 5.57 Å². The first-order valence-electron chi connectivity index (χ1n) is 3.88. The average molecular weight is 171 g/mol. The molecule has 0 saturated carbocycles. The van der Waals surface area contributed by atoms with Crippen LogP contribution in [-0.4, -0.2) is 5.97 Å². The van der Waals surface area contributed by atoms with E-state index in [2.05, 4.69) is 0 Å². The van der Waals surface area contributed by atoms with E-state index in [1.807, 2.05) is 19.9 Å². The predicted molar refractivity (Wildman–Crippen MR) is 49.6 cm³/mol. The van der Waals surface area contributed by atoms with E-state index in [1.54, 1.807) is 6.92 Å².